The Morgan fingerprint density at radius 1 is 1.47 bits per heavy atom. The van der Waals surface area contributed by atoms with Gasteiger partial charge in [0, 0.05) is 18.8 Å². The zero-order chi connectivity index (χ0) is 13.8. The molecule has 2 heterocycles. The van der Waals surface area contributed by atoms with Crippen LogP contribution < -0.4 is 5.73 Å². The standard InChI is InChI=1S/C12H14N3O2S.Al/c1-18(16,17)9-3-4-10-11(6-9)15-7-8(13)2-5-12(15)14-10;/h2-4,6,8H,5,7,13H2,1H3;. The molecule has 0 saturated carbocycles. The molecule has 0 bridgehead atoms. The van der Waals surface area contributed by atoms with Gasteiger partial charge < -0.3 is 10.3 Å². The predicted octanol–water partition coefficient (Wildman–Crippen LogP) is 0.280. The molecule has 1 aliphatic rings. The van der Waals surface area contributed by atoms with Gasteiger partial charge in [-0.3, -0.25) is 0 Å². The second-order valence-electron chi connectivity index (χ2n) is 5.09. The van der Waals surface area contributed by atoms with Gasteiger partial charge in [-0.25, -0.2) is 13.4 Å². The normalized spacial score (nSPS) is 23.5. The summed E-state index contributed by atoms with van der Waals surface area (Å²) < 4.78 is 25.6. The molecule has 0 saturated heterocycles. The highest BCUT2D eigenvalue weighted by Crippen LogP contribution is 2.27. The van der Waals surface area contributed by atoms with Gasteiger partial charge in [-0.15, -0.1) is 0 Å². The number of rotatable bonds is 1. The second-order valence-corrected chi connectivity index (χ2v) is 7.97. The molecule has 3 rings (SSSR count). The van der Waals surface area contributed by atoms with Crippen LogP contribution in [0.4, 0.5) is 0 Å². The summed E-state index contributed by atoms with van der Waals surface area (Å²) >= 11 is 2.76. The number of hydrogen-bond acceptors (Lipinski definition) is 4. The average molecular weight is 291 g/mol. The minimum absolute atomic E-state index is 0.0526. The van der Waals surface area contributed by atoms with Crippen LogP contribution in [-0.2, 0) is 22.8 Å². The first kappa shape index (κ1) is 13.1. The van der Waals surface area contributed by atoms with Gasteiger partial charge in [0.25, 0.3) is 0 Å². The van der Waals surface area contributed by atoms with Crippen molar-refractivity contribution in [3.63, 3.8) is 0 Å². The molecule has 2 N–H and O–H groups in total. The van der Waals surface area contributed by atoms with Crippen LogP contribution >= 0.6 is 0 Å². The Morgan fingerprint density at radius 2 is 2.21 bits per heavy atom. The molecule has 19 heavy (non-hydrogen) atoms. The molecule has 0 fully saturated rings. The third-order valence-electron chi connectivity index (χ3n) is 3.59. The lowest BCUT2D eigenvalue weighted by atomic mass is 10.1. The maximum atomic E-state index is 11.6. The largest absolute Gasteiger partial charge is 0.327 e. The molecule has 2 radical (unpaired) electrons. The molecule has 2 unspecified atom stereocenters. The predicted molar refractivity (Wildman–Crippen MR) is 74.0 cm³/mol. The third-order valence-corrected chi connectivity index (χ3v) is 5.43. The van der Waals surface area contributed by atoms with Gasteiger partial charge >= 0.3 is 0 Å². The first-order valence-electron chi connectivity index (χ1n) is 6.06. The highest BCUT2D eigenvalue weighted by molar-refractivity contribution is 7.90. The van der Waals surface area contributed by atoms with Crippen molar-refractivity contribution in [3.05, 3.63) is 24.0 Å². The van der Waals surface area contributed by atoms with Crippen LogP contribution in [0.5, 0.6) is 0 Å². The van der Waals surface area contributed by atoms with Crippen LogP contribution in [0, 0.1) is 0 Å². The van der Waals surface area contributed by atoms with E-state index in [0.717, 1.165) is 23.3 Å². The lowest BCUT2D eigenvalue weighted by Crippen LogP contribution is -2.37. The quantitative estimate of drug-likeness (QED) is 0.766. The molecule has 2 atom stereocenters. The molecule has 0 aliphatic carbocycles. The van der Waals surface area contributed by atoms with Gasteiger partial charge in [-0.05, 0) is 24.6 Å². The zero-order valence-corrected chi connectivity index (χ0v) is 12.5. The van der Waals surface area contributed by atoms with Crippen molar-refractivity contribution in [2.75, 3.05) is 6.26 Å². The van der Waals surface area contributed by atoms with Gasteiger partial charge in [-0.2, -0.15) is 0 Å². The van der Waals surface area contributed by atoms with Crippen LogP contribution in [-0.4, -0.2) is 46.6 Å². The van der Waals surface area contributed by atoms with Gasteiger partial charge in [0.15, 0.2) is 9.84 Å². The van der Waals surface area contributed by atoms with E-state index in [-0.39, 0.29) is 6.04 Å². The highest BCUT2D eigenvalue weighted by atomic mass is 32.2. The van der Waals surface area contributed by atoms with Gasteiger partial charge in [0.1, 0.15) is 22.1 Å². The Balaban J connectivity index is 2.22. The van der Waals surface area contributed by atoms with Crippen LogP contribution in [0.3, 0.4) is 0 Å². The molecule has 98 valence electrons. The second kappa shape index (κ2) is 4.32. The van der Waals surface area contributed by atoms with Crippen molar-refractivity contribution in [2.45, 2.75) is 28.7 Å². The van der Waals surface area contributed by atoms with Crippen molar-refractivity contribution in [3.8, 4) is 0 Å². The maximum absolute atomic E-state index is 11.6. The first-order chi connectivity index (χ1) is 8.86. The molecule has 2 aromatic rings. The summed E-state index contributed by atoms with van der Waals surface area (Å²) in [5, 5.41) is 0. The molecule has 0 spiro atoms. The average Bonchev–Trinajstić information content (AvgIpc) is 2.65. The number of aromatic nitrogens is 2. The SMILES string of the molecule is CS(=O)(=O)c1ccc2nc3n(c2c1)CC(N)[CH]([Al])C3. The van der Waals surface area contributed by atoms with E-state index in [9.17, 15) is 8.42 Å². The molecule has 0 amide bonds. The molecular weight excluding hydrogens is 277 g/mol. The van der Waals surface area contributed by atoms with Crippen LogP contribution in [0.15, 0.2) is 23.1 Å². The molecule has 1 aliphatic heterocycles. The lowest BCUT2D eigenvalue weighted by molar-refractivity contribution is 0.461. The third kappa shape index (κ3) is 2.21. The molecule has 5 nitrogen and oxygen atoms in total. The minimum atomic E-state index is -3.20. The number of imidazole rings is 1. The fourth-order valence-corrected chi connectivity index (χ4v) is 3.42. The van der Waals surface area contributed by atoms with Crippen LogP contribution in [0.25, 0.3) is 11.0 Å². The van der Waals surface area contributed by atoms with Gasteiger partial charge in [0.05, 0.1) is 15.9 Å². The van der Waals surface area contributed by atoms with E-state index < -0.39 is 9.84 Å². The number of nitrogens with zero attached hydrogens (tertiary/aromatic N) is 2. The Bertz CT molecular complexity index is 754. The Kier molecular flexibility index (Phi) is 2.98. The van der Waals surface area contributed by atoms with E-state index >= 15 is 0 Å². The first-order valence-corrected chi connectivity index (χ1v) is 8.62. The summed E-state index contributed by atoms with van der Waals surface area (Å²) in [6.07, 6.45) is 2.01. The minimum Gasteiger partial charge on any atom is -0.327 e. The number of hydrogen-bond donors (Lipinski definition) is 1. The van der Waals surface area contributed by atoms with E-state index in [2.05, 4.69) is 21.3 Å². The number of benzene rings is 1. The smallest absolute Gasteiger partial charge is 0.175 e. The number of fused-ring (bicyclic) bond motifs is 3. The van der Waals surface area contributed by atoms with E-state index in [1.807, 2.05) is 4.57 Å². The molecule has 7 heteroatoms. The summed E-state index contributed by atoms with van der Waals surface area (Å²) in [5.74, 6) is 0.974. The monoisotopic (exact) mass is 291 g/mol. The summed E-state index contributed by atoms with van der Waals surface area (Å²) in [4.78, 5) is 4.88. The van der Waals surface area contributed by atoms with E-state index in [1.54, 1.807) is 18.2 Å². The van der Waals surface area contributed by atoms with E-state index in [1.165, 1.54) is 6.26 Å². The highest BCUT2D eigenvalue weighted by Gasteiger charge is 2.24. The van der Waals surface area contributed by atoms with E-state index in [4.69, 9.17) is 5.73 Å². The Morgan fingerprint density at radius 3 is 2.89 bits per heavy atom. The molecular formula is C12H14AlN3O2S. The van der Waals surface area contributed by atoms with Gasteiger partial charge in [0.2, 0.25) is 0 Å². The molecule has 1 aromatic heterocycles. The molecule has 1 aromatic carbocycles. The van der Waals surface area contributed by atoms with Crippen molar-refractivity contribution in [2.24, 2.45) is 5.73 Å². The fraction of sp³-hybridized carbons (Fsp3) is 0.417. The van der Waals surface area contributed by atoms with Crippen molar-refractivity contribution in [1.82, 2.24) is 9.55 Å². The Labute approximate surface area is 120 Å². The van der Waals surface area contributed by atoms with Crippen LogP contribution in [0.2, 0.25) is 4.78 Å². The van der Waals surface area contributed by atoms with Crippen molar-refractivity contribution in [1.29, 1.82) is 0 Å². The van der Waals surface area contributed by atoms with Crippen LogP contribution in [0.1, 0.15) is 5.82 Å². The fourth-order valence-electron chi connectivity index (χ4n) is 2.45. The lowest BCUT2D eigenvalue weighted by Gasteiger charge is -2.28. The number of sulfone groups is 1. The van der Waals surface area contributed by atoms with E-state index in [0.29, 0.717) is 16.2 Å². The maximum Gasteiger partial charge on any atom is 0.175 e. The zero-order valence-electron chi connectivity index (χ0n) is 10.6. The van der Waals surface area contributed by atoms with Crippen molar-refractivity contribution < 1.29 is 8.42 Å². The Hall–Kier alpha value is -0.868. The summed E-state index contributed by atoms with van der Waals surface area (Å²) in [5.41, 5.74) is 7.76. The summed E-state index contributed by atoms with van der Waals surface area (Å²) in [6.45, 7) is 0.674. The number of nitrogens with two attached hydrogens (primary N) is 1. The summed E-state index contributed by atoms with van der Waals surface area (Å²) in [7, 11) is -3.20. The van der Waals surface area contributed by atoms with Crippen molar-refractivity contribution >= 4 is 37.2 Å². The topological polar surface area (TPSA) is 78.0 Å². The summed E-state index contributed by atoms with van der Waals surface area (Å²) in [6, 6.07) is 5.11. The van der Waals surface area contributed by atoms with Gasteiger partial charge in [-0.1, -0.05) is 4.78 Å².